The Morgan fingerprint density at radius 3 is 2.68 bits per heavy atom. The Bertz CT molecular complexity index is 947. The lowest BCUT2D eigenvalue weighted by Crippen LogP contribution is -2.25. The Kier molecular flexibility index (Phi) is 4.49. The fourth-order valence-electron chi connectivity index (χ4n) is 2.62. The number of nitrogens with one attached hydrogen (secondary N) is 2. The summed E-state index contributed by atoms with van der Waals surface area (Å²) in [6, 6.07) is 7.45. The molecule has 0 aliphatic carbocycles. The van der Waals surface area contributed by atoms with E-state index in [-0.39, 0.29) is 16.9 Å². The maximum Gasteiger partial charge on any atom is 0.257 e. The number of rotatable bonds is 4. The minimum absolute atomic E-state index is 0.109. The van der Waals surface area contributed by atoms with Crippen molar-refractivity contribution in [3.63, 3.8) is 0 Å². The molecule has 9 heteroatoms. The van der Waals surface area contributed by atoms with Crippen molar-refractivity contribution >= 4 is 27.3 Å². The van der Waals surface area contributed by atoms with E-state index in [1.54, 1.807) is 18.2 Å². The number of hydrogen-bond donors (Lipinski definition) is 2. The van der Waals surface area contributed by atoms with E-state index in [0.29, 0.717) is 30.1 Å². The predicted octanol–water partition coefficient (Wildman–Crippen LogP) is 1.18. The van der Waals surface area contributed by atoms with Gasteiger partial charge in [0.15, 0.2) is 0 Å². The molecule has 1 aliphatic rings. The summed E-state index contributed by atoms with van der Waals surface area (Å²) in [4.78, 5) is 25.8. The molecule has 0 saturated carbocycles. The SMILES string of the molecule is COc1ccc(N2CCCS2(=O)=O)cc1NC(=O)c1ccc(=O)[nH]c1. The van der Waals surface area contributed by atoms with E-state index in [1.807, 2.05) is 0 Å². The summed E-state index contributed by atoms with van der Waals surface area (Å²) in [5, 5.41) is 2.68. The van der Waals surface area contributed by atoms with Crippen molar-refractivity contribution in [1.29, 1.82) is 0 Å². The molecule has 0 unspecified atom stereocenters. The van der Waals surface area contributed by atoms with Crippen LogP contribution in [0.4, 0.5) is 11.4 Å². The Balaban J connectivity index is 1.91. The van der Waals surface area contributed by atoms with E-state index in [1.165, 1.54) is 29.7 Å². The number of sulfonamides is 1. The van der Waals surface area contributed by atoms with Gasteiger partial charge in [-0.2, -0.15) is 0 Å². The lowest BCUT2D eigenvalue weighted by molar-refractivity contribution is 0.102. The van der Waals surface area contributed by atoms with Crippen molar-refractivity contribution in [2.24, 2.45) is 0 Å². The van der Waals surface area contributed by atoms with Crippen LogP contribution in [-0.4, -0.2) is 38.7 Å². The lowest BCUT2D eigenvalue weighted by Gasteiger charge is -2.19. The Hall–Kier alpha value is -2.81. The molecule has 0 spiro atoms. The van der Waals surface area contributed by atoms with Crippen molar-refractivity contribution in [3.05, 3.63) is 52.4 Å². The summed E-state index contributed by atoms with van der Waals surface area (Å²) < 4.78 is 30.7. The number of H-pyrrole nitrogens is 1. The van der Waals surface area contributed by atoms with Crippen LogP contribution in [0.5, 0.6) is 5.75 Å². The number of anilines is 2. The second kappa shape index (κ2) is 6.60. The molecule has 1 aromatic heterocycles. The fraction of sp³-hybridized carbons (Fsp3) is 0.250. The first kappa shape index (κ1) is 17.0. The molecule has 132 valence electrons. The molecule has 2 aromatic rings. The van der Waals surface area contributed by atoms with Crippen LogP contribution >= 0.6 is 0 Å². The number of carbonyl (C=O) groups excluding carboxylic acids is 1. The molecular formula is C16H17N3O5S. The van der Waals surface area contributed by atoms with Crippen molar-refractivity contribution < 1.29 is 17.9 Å². The van der Waals surface area contributed by atoms with E-state index >= 15 is 0 Å². The van der Waals surface area contributed by atoms with Crippen LogP contribution in [0.3, 0.4) is 0 Å². The van der Waals surface area contributed by atoms with Crippen LogP contribution < -0.4 is 19.9 Å². The number of hydrogen-bond acceptors (Lipinski definition) is 5. The van der Waals surface area contributed by atoms with E-state index < -0.39 is 15.9 Å². The number of ether oxygens (including phenoxy) is 1. The predicted molar refractivity (Wildman–Crippen MR) is 93.8 cm³/mol. The Morgan fingerprint density at radius 2 is 2.08 bits per heavy atom. The molecule has 2 heterocycles. The van der Waals surface area contributed by atoms with Crippen LogP contribution in [-0.2, 0) is 10.0 Å². The van der Waals surface area contributed by atoms with Gasteiger partial charge < -0.3 is 15.0 Å². The van der Waals surface area contributed by atoms with Gasteiger partial charge in [-0.05, 0) is 30.7 Å². The van der Waals surface area contributed by atoms with E-state index in [9.17, 15) is 18.0 Å². The number of carbonyl (C=O) groups is 1. The maximum atomic E-state index is 12.3. The fourth-order valence-corrected chi connectivity index (χ4v) is 4.18. The number of amides is 1. The van der Waals surface area contributed by atoms with Gasteiger partial charge in [-0.15, -0.1) is 0 Å². The monoisotopic (exact) mass is 363 g/mol. The van der Waals surface area contributed by atoms with E-state index in [2.05, 4.69) is 10.3 Å². The molecule has 25 heavy (non-hydrogen) atoms. The molecule has 1 aromatic carbocycles. The minimum Gasteiger partial charge on any atom is -0.495 e. The van der Waals surface area contributed by atoms with Crippen molar-refractivity contribution in [2.45, 2.75) is 6.42 Å². The summed E-state index contributed by atoms with van der Waals surface area (Å²) in [6.07, 6.45) is 1.87. The minimum atomic E-state index is -3.32. The highest BCUT2D eigenvalue weighted by Gasteiger charge is 2.29. The summed E-state index contributed by atoms with van der Waals surface area (Å²) in [5.41, 5.74) is 0.768. The topological polar surface area (TPSA) is 109 Å². The molecule has 0 radical (unpaired) electrons. The number of aromatic amines is 1. The largest absolute Gasteiger partial charge is 0.495 e. The lowest BCUT2D eigenvalue weighted by atomic mass is 10.2. The van der Waals surface area contributed by atoms with Gasteiger partial charge in [0, 0.05) is 18.8 Å². The second-order valence-electron chi connectivity index (χ2n) is 5.52. The van der Waals surface area contributed by atoms with Gasteiger partial charge in [0.05, 0.1) is 29.8 Å². The van der Waals surface area contributed by atoms with Crippen LogP contribution in [0.1, 0.15) is 16.8 Å². The van der Waals surface area contributed by atoms with Gasteiger partial charge in [-0.3, -0.25) is 13.9 Å². The van der Waals surface area contributed by atoms with Crippen LogP contribution in [0.15, 0.2) is 41.3 Å². The number of methoxy groups -OCH3 is 1. The molecular weight excluding hydrogens is 346 g/mol. The molecule has 0 atom stereocenters. The van der Waals surface area contributed by atoms with Gasteiger partial charge in [0.2, 0.25) is 15.6 Å². The molecule has 1 fully saturated rings. The third kappa shape index (κ3) is 3.50. The maximum absolute atomic E-state index is 12.3. The van der Waals surface area contributed by atoms with Gasteiger partial charge >= 0.3 is 0 Å². The number of aromatic nitrogens is 1. The van der Waals surface area contributed by atoms with Gasteiger partial charge in [0.1, 0.15) is 5.75 Å². The van der Waals surface area contributed by atoms with E-state index in [0.717, 1.165) is 0 Å². The van der Waals surface area contributed by atoms with Crippen molar-refractivity contribution in [1.82, 2.24) is 4.98 Å². The zero-order chi connectivity index (χ0) is 18.0. The van der Waals surface area contributed by atoms with Gasteiger partial charge in [-0.25, -0.2) is 8.42 Å². The molecule has 2 N–H and O–H groups in total. The number of benzene rings is 1. The zero-order valence-electron chi connectivity index (χ0n) is 13.5. The van der Waals surface area contributed by atoms with E-state index in [4.69, 9.17) is 4.74 Å². The molecule has 3 rings (SSSR count). The van der Waals surface area contributed by atoms with Crippen molar-refractivity contribution in [3.8, 4) is 5.75 Å². The highest BCUT2D eigenvalue weighted by Crippen LogP contribution is 2.32. The Morgan fingerprint density at radius 1 is 1.28 bits per heavy atom. The summed E-state index contributed by atoms with van der Waals surface area (Å²) in [7, 11) is -1.87. The molecule has 0 bridgehead atoms. The molecule has 1 saturated heterocycles. The highest BCUT2D eigenvalue weighted by atomic mass is 32.2. The third-order valence-corrected chi connectivity index (χ3v) is 5.73. The van der Waals surface area contributed by atoms with Crippen LogP contribution in [0.25, 0.3) is 0 Å². The summed E-state index contributed by atoms with van der Waals surface area (Å²) >= 11 is 0. The average molecular weight is 363 g/mol. The first-order valence-corrected chi connectivity index (χ1v) is 9.20. The first-order chi connectivity index (χ1) is 11.9. The molecule has 1 amide bonds. The second-order valence-corrected chi connectivity index (χ2v) is 7.53. The average Bonchev–Trinajstić information content (AvgIpc) is 2.94. The third-order valence-electron chi connectivity index (χ3n) is 3.86. The number of nitrogens with zero attached hydrogens (tertiary/aromatic N) is 1. The summed E-state index contributed by atoms with van der Waals surface area (Å²) in [5.74, 6) is 0.0621. The normalized spacial score (nSPS) is 15.8. The van der Waals surface area contributed by atoms with Crippen molar-refractivity contribution in [2.75, 3.05) is 29.0 Å². The highest BCUT2D eigenvalue weighted by molar-refractivity contribution is 7.93. The first-order valence-electron chi connectivity index (χ1n) is 7.59. The van der Waals surface area contributed by atoms with Gasteiger partial charge in [-0.1, -0.05) is 0 Å². The Labute approximate surface area is 144 Å². The molecule has 8 nitrogen and oxygen atoms in total. The molecule has 1 aliphatic heterocycles. The quantitative estimate of drug-likeness (QED) is 0.848. The standard InChI is InChI=1S/C16H17N3O5S/c1-24-14-5-4-12(19-7-2-8-25(19,22)23)9-13(14)18-16(21)11-3-6-15(20)17-10-11/h3-6,9-10H,2,7-8H2,1H3,(H,17,20)(H,18,21). The van der Waals surface area contributed by atoms with Crippen LogP contribution in [0, 0.1) is 0 Å². The number of pyridine rings is 1. The van der Waals surface area contributed by atoms with Gasteiger partial charge in [0.25, 0.3) is 5.91 Å². The zero-order valence-corrected chi connectivity index (χ0v) is 14.3. The van der Waals surface area contributed by atoms with Crippen LogP contribution in [0.2, 0.25) is 0 Å². The smallest absolute Gasteiger partial charge is 0.257 e. The summed E-state index contributed by atoms with van der Waals surface area (Å²) in [6.45, 7) is 0.405.